The van der Waals surface area contributed by atoms with Gasteiger partial charge in [-0.05, 0) is 44.2 Å². The average Bonchev–Trinajstić information content (AvgIpc) is 2.52. The number of phenols is 3. The van der Waals surface area contributed by atoms with Gasteiger partial charge >= 0.3 is 0 Å². The van der Waals surface area contributed by atoms with Gasteiger partial charge in [-0.15, -0.1) is 0 Å². The van der Waals surface area contributed by atoms with Crippen LogP contribution in [0.25, 0.3) is 28.0 Å². The zero-order valence-corrected chi connectivity index (χ0v) is 13.0. The third-order valence-corrected chi connectivity index (χ3v) is 4.06. The molecule has 0 saturated carbocycles. The van der Waals surface area contributed by atoms with Crippen molar-refractivity contribution in [2.45, 2.75) is 19.4 Å². The number of fused-ring (bicyclic) bond motifs is 3. The van der Waals surface area contributed by atoms with Crippen molar-refractivity contribution in [3.05, 3.63) is 40.1 Å². The van der Waals surface area contributed by atoms with Crippen molar-refractivity contribution in [3.63, 3.8) is 0 Å². The van der Waals surface area contributed by atoms with Crippen LogP contribution >= 0.6 is 0 Å². The van der Waals surface area contributed by atoms with Crippen molar-refractivity contribution in [2.24, 2.45) is 0 Å². The summed E-state index contributed by atoms with van der Waals surface area (Å²) >= 11 is 0. The first-order valence-electron chi connectivity index (χ1n) is 7.34. The highest BCUT2D eigenvalue weighted by Crippen LogP contribution is 2.48. The maximum absolute atomic E-state index is 12.7. The van der Waals surface area contributed by atoms with E-state index in [1.807, 2.05) is 0 Å². The predicted molar refractivity (Wildman–Crippen MR) is 88.7 cm³/mol. The summed E-state index contributed by atoms with van der Waals surface area (Å²) < 4.78 is 11.3. The Morgan fingerprint density at radius 3 is 2.58 bits per heavy atom. The van der Waals surface area contributed by atoms with Gasteiger partial charge in [0, 0.05) is 0 Å². The van der Waals surface area contributed by atoms with Crippen LogP contribution < -0.4 is 10.2 Å². The Bertz CT molecular complexity index is 1100. The van der Waals surface area contributed by atoms with Crippen molar-refractivity contribution in [3.8, 4) is 23.0 Å². The second kappa shape index (κ2) is 4.44. The minimum absolute atomic E-state index is 0.0637. The molecule has 3 N–H and O–H groups in total. The van der Waals surface area contributed by atoms with E-state index >= 15 is 0 Å². The summed E-state index contributed by atoms with van der Waals surface area (Å²) in [6.07, 6.45) is 3.31. The van der Waals surface area contributed by atoms with Gasteiger partial charge in [0.05, 0.1) is 10.9 Å². The molecule has 0 radical (unpaired) electrons. The molecule has 1 aromatic heterocycles. The molecule has 4 rings (SSSR count). The standard InChI is InChI=1S/C18H14O6/c1-18(2)6-5-9-13(20)12-14(21)10-7-8(19)3-4-11(10)23-17(12)15(22)16(9)24-18/h3-7,19-20,22H,1-2H3. The van der Waals surface area contributed by atoms with Gasteiger partial charge < -0.3 is 24.5 Å². The van der Waals surface area contributed by atoms with Gasteiger partial charge in [0.15, 0.2) is 11.3 Å². The van der Waals surface area contributed by atoms with Crippen LogP contribution in [-0.2, 0) is 0 Å². The van der Waals surface area contributed by atoms with Crippen LogP contribution in [0.3, 0.4) is 0 Å². The lowest BCUT2D eigenvalue weighted by atomic mass is 9.98. The van der Waals surface area contributed by atoms with Crippen LogP contribution in [0.5, 0.6) is 23.0 Å². The van der Waals surface area contributed by atoms with Crippen molar-refractivity contribution in [2.75, 3.05) is 0 Å². The number of rotatable bonds is 0. The van der Waals surface area contributed by atoms with Crippen molar-refractivity contribution in [1.82, 2.24) is 0 Å². The van der Waals surface area contributed by atoms with E-state index in [0.717, 1.165) is 0 Å². The van der Waals surface area contributed by atoms with E-state index in [4.69, 9.17) is 9.15 Å². The second-order valence-corrected chi connectivity index (χ2v) is 6.29. The summed E-state index contributed by atoms with van der Waals surface area (Å²) in [5, 5.41) is 30.6. The summed E-state index contributed by atoms with van der Waals surface area (Å²) in [6.45, 7) is 3.60. The molecule has 3 aromatic rings. The van der Waals surface area contributed by atoms with Crippen LogP contribution in [0.2, 0.25) is 0 Å². The van der Waals surface area contributed by atoms with Crippen LogP contribution in [0.4, 0.5) is 0 Å². The molecule has 6 heteroatoms. The van der Waals surface area contributed by atoms with Crippen LogP contribution in [0, 0.1) is 0 Å². The third kappa shape index (κ3) is 1.86. The van der Waals surface area contributed by atoms with Gasteiger partial charge in [0.1, 0.15) is 28.1 Å². The fourth-order valence-corrected chi connectivity index (χ4v) is 2.88. The van der Waals surface area contributed by atoms with E-state index in [1.165, 1.54) is 18.2 Å². The molecular weight excluding hydrogens is 312 g/mol. The highest BCUT2D eigenvalue weighted by molar-refractivity contribution is 6.00. The fraction of sp³-hybridized carbons (Fsp3) is 0.167. The van der Waals surface area contributed by atoms with Gasteiger partial charge in [-0.1, -0.05) is 0 Å². The number of benzene rings is 2. The molecule has 122 valence electrons. The maximum atomic E-state index is 12.7. The molecule has 6 nitrogen and oxygen atoms in total. The Morgan fingerprint density at radius 1 is 1.08 bits per heavy atom. The summed E-state index contributed by atoms with van der Waals surface area (Å²) in [6, 6.07) is 4.05. The van der Waals surface area contributed by atoms with Gasteiger partial charge in [-0.25, -0.2) is 0 Å². The van der Waals surface area contributed by atoms with E-state index < -0.39 is 11.0 Å². The molecule has 0 spiro atoms. The number of aromatic hydroxyl groups is 3. The lowest BCUT2D eigenvalue weighted by molar-refractivity contribution is 0.152. The molecule has 1 aliphatic heterocycles. The van der Waals surface area contributed by atoms with Gasteiger partial charge in [-0.2, -0.15) is 0 Å². The molecule has 24 heavy (non-hydrogen) atoms. The number of ether oxygens (including phenoxy) is 1. The predicted octanol–water partition coefficient (Wildman–Crippen LogP) is 3.25. The summed E-state index contributed by atoms with van der Waals surface area (Å²) in [5.41, 5.74) is -0.971. The van der Waals surface area contributed by atoms with Crippen molar-refractivity contribution < 1.29 is 24.5 Å². The molecule has 0 fully saturated rings. The fourth-order valence-electron chi connectivity index (χ4n) is 2.88. The van der Waals surface area contributed by atoms with Gasteiger partial charge in [-0.3, -0.25) is 4.79 Å². The molecular formula is C18H14O6. The number of hydrogen-bond acceptors (Lipinski definition) is 6. The summed E-state index contributed by atoms with van der Waals surface area (Å²) in [4.78, 5) is 12.7. The molecule has 2 aromatic carbocycles. The highest BCUT2D eigenvalue weighted by atomic mass is 16.5. The lowest BCUT2D eigenvalue weighted by Gasteiger charge is -2.28. The minimum atomic E-state index is -0.673. The maximum Gasteiger partial charge on any atom is 0.204 e. The average molecular weight is 326 g/mol. The third-order valence-electron chi connectivity index (χ3n) is 4.06. The molecule has 0 saturated heterocycles. The smallest absolute Gasteiger partial charge is 0.204 e. The quantitative estimate of drug-likeness (QED) is 0.433. The normalized spacial score (nSPS) is 15.4. The topological polar surface area (TPSA) is 100 Å². The van der Waals surface area contributed by atoms with Crippen molar-refractivity contribution >= 4 is 28.0 Å². The van der Waals surface area contributed by atoms with Crippen LogP contribution in [-0.4, -0.2) is 20.9 Å². The van der Waals surface area contributed by atoms with Gasteiger partial charge in [0.2, 0.25) is 11.2 Å². The molecule has 0 aliphatic carbocycles. The van der Waals surface area contributed by atoms with Gasteiger partial charge in [0.25, 0.3) is 0 Å². The highest BCUT2D eigenvalue weighted by Gasteiger charge is 2.30. The SMILES string of the molecule is CC1(C)C=Cc2c(c(O)c3oc4ccc(O)cc4c(=O)c3c2O)O1. The van der Waals surface area contributed by atoms with Crippen LogP contribution in [0.15, 0.2) is 33.5 Å². The van der Waals surface area contributed by atoms with Crippen LogP contribution in [0.1, 0.15) is 19.4 Å². The van der Waals surface area contributed by atoms with E-state index in [1.54, 1.807) is 26.0 Å². The molecule has 0 amide bonds. The first kappa shape index (κ1) is 14.4. The second-order valence-electron chi connectivity index (χ2n) is 6.29. The lowest BCUT2D eigenvalue weighted by Crippen LogP contribution is -2.27. The molecule has 1 aliphatic rings. The molecule has 0 unspecified atom stereocenters. The summed E-state index contributed by atoms with van der Waals surface area (Å²) in [5.74, 6) is -0.708. The van der Waals surface area contributed by atoms with E-state index in [2.05, 4.69) is 0 Å². The molecule has 2 heterocycles. The first-order valence-corrected chi connectivity index (χ1v) is 7.34. The zero-order chi connectivity index (χ0) is 17.2. The minimum Gasteiger partial charge on any atom is -0.508 e. The Labute approximate surface area is 135 Å². The Hall–Kier alpha value is -3.15. The monoisotopic (exact) mass is 326 g/mol. The zero-order valence-electron chi connectivity index (χ0n) is 13.0. The Balaban J connectivity index is 2.21. The molecule has 0 atom stereocenters. The van der Waals surface area contributed by atoms with E-state index in [-0.39, 0.29) is 50.5 Å². The van der Waals surface area contributed by atoms with E-state index in [0.29, 0.717) is 0 Å². The van der Waals surface area contributed by atoms with Crippen molar-refractivity contribution in [1.29, 1.82) is 0 Å². The summed E-state index contributed by atoms with van der Waals surface area (Å²) in [7, 11) is 0. The Morgan fingerprint density at radius 2 is 1.83 bits per heavy atom. The molecule has 0 bridgehead atoms. The Kier molecular flexibility index (Phi) is 2.67. The number of hydrogen-bond donors (Lipinski definition) is 3. The van der Waals surface area contributed by atoms with E-state index in [9.17, 15) is 20.1 Å². The first-order chi connectivity index (χ1) is 11.3. The number of phenolic OH excluding ortho intramolecular Hbond substituents is 3. The largest absolute Gasteiger partial charge is 0.508 e.